The van der Waals surface area contributed by atoms with Crippen LogP contribution in [0.25, 0.3) is 0 Å². The maximum Gasteiger partial charge on any atom is 0.189 e. The van der Waals surface area contributed by atoms with Crippen LogP contribution in [0, 0.1) is 0 Å². The van der Waals surface area contributed by atoms with Gasteiger partial charge in [-0.05, 0) is 20.8 Å². The summed E-state index contributed by atoms with van der Waals surface area (Å²) in [5.41, 5.74) is 5.36. The van der Waals surface area contributed by atoms with E-state index in [4.69, 9.17) is 15.9 Å². The lowest BCUT2D eigenvalue weighted by molar-refractivity contribution is 0.195. The summed E-state index contributed by atoms with van der Waals surface area (Å²) in [7, 11) is 0. The maximum atomic E-state index is 8.72. The summed E-state index contributed by atoms with van der Waals surface area (Å²) >= 11 is 0. The third-order valence-electron chi connectivity index (χ3n) is 1.25. The first-order chi connectivity index (χ1) is 5.89. The molecule has 0 amide bonds. The molecule has 0 saturated heterocycles. The molecule has 0 rings (SSSR count). The molecular weight excluding hydrogens is 170 g/mol. The Morgan fingerprint density at radius 3 is 2.15 bits per heavy atom. The number of aliphatic imine (C=N–C) groups is 1. The van der Waals surface area contributed by atoms with E-state index in [0.717, 1.165) is 0 Å². The van der Waals surface area contributed by atoms with E-state index in [9.17, 15) is 0 Å². The molecular formula is C8H19N3O2. The highest BCUT2D eigenvalue weighted by molar-refractivity contribution is 5.78. The van der Waals surface area contributed by atoms with Crippen LogP contribution in [0.5, 0.6) is 0 Å². The van der Waals surface area contributed by atoms with Crippen LogP contribution in [0.15, 0.2) is 4.99 Å². The predicted molar refractivity (Wildman–Crippen MR) is 52.5 cm³/mol. The van der Waals surface area contributed by atoms with Gasteiger partial charge in [-0.25, -0.2) is 4.99 Å². The number of aliphatic hydroxyl groups is 2. The van der Waals surface area contributed by atoms with Crippen molar-refractivity contribution in [1.29, 1.82) is 0 Å². The number of hydrogen-bond acceptors (Lipinski definition) is 3. The Hall–Kier alpha value is -0.810. The van der Waals surface area contributed by atoms with Crippen LogP contribution in [0.1, 0.15) is 20.8 Å². The molecule has 5 nitrogen and oxygen atoms in total. The predicted octanol–water partition coefficient (Wildman–Crippen LogP) is -0.958. The first-order valence-corrected chi connectivity index (χ1v) is 4.22. The molecule has 13 heavy (non-hydrogen) atoms. The molecule has 78 valence electrons. The Morgan fingerprint density at radius 2 is 1.85 bits per heavy atom. The van der Waals surface area contributed by atoms with Crippen LogP contribution in [0.4, 0.5) is 0 Å². The third kappa shape index (κ3) is 6.36. The van der Waals surface area contributed by atoms with E-state index in [1.54, 1.807) is 0 Å². The monoisotopic (exact) mass is 189 g/mol. The van der Waals surface area contributed by atoms with Gasteiger partial charge in [-0.15, -0.1) is 0 Å². The summed E-state index contributed by atoms with van der Waals surface area (Å²) in [6, 6.07) is -0.533. The molecule has 0 spiro atoms. The van der Waals surface area contributed by atoms with Crippen molar-refractivity contribution in [2.75, 3.05) is 13.2 Å². The van der Waals surface area contributed by atoms with Gasteiger partial charge >= 0.3 is 0 Å². The van der Waals surface area contributed by atoms with Crippen molar-refractivity contribution in [3.05, 3.63) is 0 Å². The highest BCUT2D eigenvalue weighted by atomic mass is 16.3. The molecule has 0 saturated carbocycles. The van der Waals surface area contributed by atoms with Crippen molar-refractivity contribution in [1.82, 2.24) is 5.32 Å². The fourth-order valence-corrected chi connectivity index (χ4v) is 0.753. The molecule has 0 aliphatic carbocycles. The first kappa shape index (κ1) is 12.2. The van der Waals surface area contributed by atoms with Crippen molar-refractivity contribution < 1.29 is 10.2 Å². The molecule has 0 heterocycles. The van der Waals surface area contributed by atoms with Gasteiger partial charge < -0.3 is 21.3 Å². The van der Waals surface area contributed by atoms with E-state index >= 15 is 0 Å². The zero-order valence-electron chi connectivity index (χ0n) is 8.41. The Labute approximate surface area is 78.7 Å². The van der Waals surface area contributed by atoms with Gasteiger partial charge in [0.15, 0.2) is 5.96 Å². The summed E-state index contributed by atoms with van der Waals surface area (Å²) in [4.78, 5) is 3.88. The summed E-state index contributed by atoms with van der Waals surface area (Å²) < 4.78 is 0. The van der Waals surface area contributed by atoms with Crippen molar-refractivity contribution in [2.45, 2.75) is 32.4 Å². The quantitative estimate of drug-likeness (QED) is 0.340. The average molecular weight is 189 g/mol. The van der Waals surface area contributed by atoms with E-state index in [2.05, 4.69) is 10.3 Å². The lowest BCUT2D eigenvalue weighted by Crippen LogP contribution is -2.45. The molecule has 5 heteroatoms. The van der Waals surface area contributed by atoms with E-state index in [1.807, 2.05) is 20.8 Å². The average Bonchev–Trinajstić information content (AvgIpc) is 1.96. The number of rotatable bonds is 3. The SMILES string of the molecule is CC(C)(C)NC(N)=NC(CO)CO. The van der Waals surface area contributed by atoms with Gasteiger partial charge in [0, 0.05) is 5.54 Å². The lowest BCUT2D eigenvalue weighted by atomic mass is 10.1. The van der Waals surface area contributed by atoms with E-state index in [0.29, 0.717) is 0 Å². The lowest BCUT2D eigenvalue weighted by Gasteiger charge is -2.21. The second-order valence-corrected chi connectivity index (χ2v) is 3.91. The summed E-state index contributed by atoms with van der Waals surface area (Å²) in [6.45, 7) is 5.43. The minimum Gasteiger partial charge on any atom is -0.394 e. The molecule has 0 aliphatic rings. The molecule has 0 bridgehead atoms. The van der Waals surface area contributed by atoms with Gasteiger partial charge in [-0.3, -0.25) is 0 Å². The van der Waals surface area contributed by atoms with Gasteiger partial charge in [0.2, 0.25) is 0 Å². The molecule has 0 fully saturated rings. The molecule has 0 aromatic heterocycles. The highest BCUT2D eigenvalue weighted by Gasteiger charge is 2.11. The largest absolute Gasteiger partial charge is 0.394 e. The first-order valence-electron chi connectivity index (χ1n) is 4.22. The standard InChI is InChI=1S/C8H19N3O2/c1-8(2,3)11-7(9)10-6(4-12)5-13/h6,12-13H,4-5H2,1-3H3,(H3,9,10,11). The summed E-state index contributed by atoms with van der Waals surface area (Å²) in [6.07, 6.45) is 0. The minimum atomic E-state index is -0.533. The Balaban J connectivity index is 4.15. The zero-order chi connectivity index (χ0) is 10.5. The van der Waals surface area contributed by atoms with Gasteiger partial charge in [-0.1, -0.05) is 0 Å². The number of nitrogens with zero attached hydrogens (tertiary/aromatic N) is 1. The Morgan fingerprint density at radius 1 is 1.38 bits per heavy atom. The molecule has 0 radical (unpaired) electrons. The number of nitrogens with two attached hydrogens (primary N) is 1. The fourth-order valence-electron chi connectivity index (χ4n) is 0.753. The zero-order valence-corrected chi connectivity index (χ0v) is 8.41. The van der Waals surface area contributed by atoms with E-state index < -0.39 is 6.04 Å². The summed E-state index contributed by atoms with van der Waals surface area (Å²) in [5, 5.41) is 20.4. The maximum absolute atomic E-state index is 8.72. The van der Waals surface area contributed by atoms with Crippen molar-refractivity contribution in [3.8, 4) is 0 Å². The smallest absolute Gasteiger partial charge is 0.189 e. The molecule has 0 unspecified atom stereocenters. The van der Waals surface area contributed by atoms with Gasteiger partial charge in [-0.2, -0.15) is 0 Å². The second-order valence-electron chi connectivity index (χ2n) is 3.91. The molecule has 0 aromatic carbocycles. The second kappa shape index (κ2) is 5.04. The van der Waals surface area contributed by atoms with E-state index in [-0.39, 0.29) is 24.7 Å². The summed E-state index contributed by atoms with van der Waals surface area (Å²) in [5.74, 6) is 0.237. The van der Waals surface area contributed by atoms with Crippen LogP contribution in [0.2, 0.25) is 0 Å². The van der Waals surface area contributed by atoms with Crippen LogP contribution in [0.3, 0.4) is 0 Å². The van der Waals surface area contributed by atoms with Gasteiger partial charge in [0.1, 0.15) is 0 Å². The number of aliphatic hydroxyl groups excluding tert-OH is 2. The fraction of sp³-hybridized carbons (Fsp3) is 0.875. The van der Waals surface area contributed by atoms with Crippen LogP contribution in [-0.2, 0) is 0 Å². The van der Waals surface area contributed by atoms with Crippen LogP contribution < -0.4 is 11.1 Å². The Bertz CT molecular complexity index is 171. The molecule has 0 aliphatic heterocycles. The van der Waals surface area contributed by atoms with Crippen molar-refractivity contribution >= 4 is 5.96 Å². The third-order valence-corrected chi connectivity index (χ3v) is 1.25. The topological polar surface area (TPSA) is 90.9 Å². The Kier molecular flexibility index (Phi) is 4.72. The van der Waals surface area contributed by atoms with Gasteiger partial charge in [0.05, 0.1) is 19.3 Å². The van der Waals surface area contributed by atoms with Crippen molar-refractivity contribution in [3.63, 3.8) is 0 Å². The molecule has 0 aromatic rings. The van der Waals surface area contributed by atoms with Crippen LogP contribution >= 0.6 is 0 Å². The minimum absolute atomic E-state index is 0.164. The highest BCUT2D eigenvalue weighted by Crippen LogP contribution is 1.97. The normalized spacial score (nSPS) is 13.5. The number of guanidine groups is 1. The van der Waals surface area contributed by atoms with E-state index in [1.165, 1.54) is 0 Å². The van der Waals surface area contributed by atoms with Gasteiger partial charge in [0.25, 0.3) is 0 Å². The van der Waals surface area contributed by atoms with Crippen LogP contribution in [-0.4, -0.2) is 41.0 Å². The number of nitrogens with one attached hydrogen (secondary N) is 1. The number of hydrogen-bond donors (Lipinski definition) is 4. The van der Waals surface area contributed by atoms with Crippen molar-refractivity contribution in [2.24, 2.45) is 10.7 Å². The molecule has 5 N–H and O–H groups in total. The molecule has 0 atom stereocenters.